The standard InChI is InChI=1S/C25H33N3O2/c1-5-19(4)20-10-12-21(13-11-20)30-17-16-28-23-9-7-6-8-22(23)27-24(28)14-15-26-25(29)18(2)3/h6-13,18-19H,5,14-17H2,1-4H3,(H,26,29). The van der Waals surface area contributed by atoms with E-state index in [1.54, 1.807) is 0 Å². The van der Waals surface area contributed by atoms with Crippen molar-refractivity contribution in [2.45, 2.75) is 53.0 Å². The van der Waals surface area contributed by atoms with Crippen LogP contribution in [0.2, 0.25) is 0 Å². The average molecular weight is 408 g/mol. The van der Waals surface area contributed by atoms with Crippen LogP contribution in [0.15, 0.2) is 48.5 Å². The zero-order chi connectivity index (χ0) is 21.5. The lowest BCUT2D eigenvalue weighted by Crippen LogP contribution is -2.30. The Hall–Kier alpha value is -2.82. The fourth-order valence-electron chi connectivity index (χ4n) is 3.45. The van der Waals surface area contributed by atoms with Crippen LogP contribution in [0.25, 0.3) is 11.0 Å². The lowest BCUT2D eigenvalue weighted by molar-refractivity contribution is -0.123. The molecule has 1 heterocycles. The minimum absolute atomic E-state index is 0.0103. The number of amides is 1. The molecule has 1 unspecified atom stereocenters. The van der Waals surface area contributed by atoms with Crippen molar-refractivity contribution in [2.24, 2.45) is 5.92 Å². The van der Waals surface area contributed by atoms with E-state index in [0.717, 1.165) is 29.0 Å². The number of nitrogens with zero attached hydrogens (tertiary/aromatic N) is 2. The van der Waals surface area contributed by atoms with Gasteiger partial charge in [-0.15, -0.1) is 0 Å². The maximum Gasteiger partial charge on any atom is 0.222 e. The molecule has 3 rings (SSSR count). The molecule has 0 aliphatic rings. The first kappa shape index (κ1) is 21.9. The quantitative estimate of drug-likeness (QED) is 0.518. The van der Waals surface area contributed by atoms with Gasteiger partial charge in [-0.25, -0.2) is 4.98 Å². The largest absolute Gasteiger partial charge is 0.492 e. The van der Waals surface area contributed by atoms with Gasteiger partial charge in [-0.05, 0) is 42.2 Å². The highest BCUT2D eigenvalue weighted by molar-refractivity contribution is 5.78. The third-order valence-electron chi connectivity index (χ3n) is 5.55. The molecule has 0 radical (unpaired) electrons. The number of rotatable bonds is 10. The Labute approximate surface area is 179 Å². The Kier molecular flexibility index (Phi) is 7.50. The van der Waals surface area contributed by atoms with Gasteiger partial charge in [0, 0.05) is 18.9 Å². The Balaban J connectivity index is 1.65. The Morgan fingerprint density at radius 1 is 1.10 bits per heavy atom. The van der Waals surface area contributed by atoms with Crippen molar-refractivity contribution in [1.82, 2.24) is 14.9 Å². The van der Waals surface area contributed by atoms with E-state index in [0.29, 0.717) is 32.0 Å². The highest BCUT2D eigenvalue weighted by Gasteiger charge is 2.12. The first-order valence-electron chi connectivity index (χ1n) is 10.9. The molecule has 0 saturated heterocycles. The molecule has 0 aliphatic carbocycles. The van der Waals surface area contributed by atoms with Crippen LogP contribution in [0, 0.1) is 5.92 Å². The molecule has 0 bridgehead atoms. The zero-order valence-electron chi connectivity index (χ0n) is 18.5. The molecule has 2 aromatic carbocycles. The molecule has 1 amide bonds. The molecule has 1 atom stereocenters. The number of hydrogen-bond acceptors (Lipinski definition) is 3. The average Bonchev–Trinajstić information content (AvgIpc) is 3.11. The van der Waals surface area contributed by atoms with E-state index in [2.05, 4.69) is 54.1 Å². The SMILES string of the molecule is CCC(C)c1ccc(OCCn2c(CCNC(=O)C(C)C)nc3ccccc32)cc1. The summed E-state index contributed by atoms with van der Waals surface area (Å²) in [6.45, 7) is 10.1. The highest BCUT2D eigenvalue weighted by Crippen LogP contribution is 2.22. The summed E-state index contributed by atoms with van der Waals surface area (Å²) in [5.74, 6) is 2.48. The monoisotopic (exact) mass is 407 g/mol. The summed E-state index contributed by atoms with van der Waals surface area (Å²) >= 11 is 0. The number of carbonyl (C=O) groups excluding carboxylic acids is 1. The fourth-order valence-corrected chi connectivity index (χ4v) is 3.45. The summed E-state index contributed by atoms with van der Waals surface area (Å²) in [4.78, 5) is 16.6. The number of nitrogens with one attached hydrogen (secondary N) is 1. The third-order valence-corrected chi connectivity index (χ3v) is 5.55. The van der Waals surface area contributed by atoms with Crippen LogP contribution in [0.1, 0.15) is 51.4 Å². The van der Waals surface area contributed by atoms with E-state index in [-0.39, 0.29) is 11.8 Å². The fraction of sp³-hybridized carbons (Fsp3) is 0.440. The van der Waals surface area contributed by atoms with Crippen LogP contribution >= 0.6 is 0 Å². The lowest BCUT2D eigenvalue weighted by atomic mass is 9.99. The molecule has 5 nitrogen and oxygen atoms in total. The van der Waals surface area contributed by atoms with E-state index < -0.39 is 0 Å². The molecule has 5 heteroatoms. The van der Waals surface area contributed by atoms with Crippen molar-refractivity contribution in [2.75, 3.05) is 13.2 Å². The number of fused-ring (bicyclic) bond motifs is 1. The van der Waals surface area contributed by atoms with Crippen molar-refractivity contribution in [3.05, 3.63) is 59.9 Å². The van der Waals surface area contributed by atoms with Gasteiger partial charge in [0.25, 0.3) is 0 Å². The molecule has 1 aromatic heterocycles. The Morgan fingerprint density at radius 3 is 2.53 bits per heavy atom. The van der Waals surface area contributed by atoms with E-state index in [1.807, 2.05) is 32.0 Å². The van der Waals surface area contributed by atoms with Crippen LogP contribution in [0.3, 0.4) is 0 Å². The van der Waals surface area contributed by atoms with E-state index in [1.165, 1.54) is 5.56 Å². The molecule has 0 saturated carbocycles. The number of benzene rings is 2. The maximum absolute atomic E-state index is 11.8. The number of imidazole rings is 1. The van der Waals surface area contributed by atoms with Gasteiger partial charge in [-0.3, -0.25) is 4.79 Å². The van der Waals surface area contributed by atoms with Crippen molar-refractivity contribution >= 4 is 16.9 Å². The number of carbonyl (C=O) groups is 1. The summed E-state index contributed by atoms with van der Waals surface area (Å²) in [7, 11) is 0. The van der Waals surface area contributed by atoms with Crippen molar-refractivity contribution < 1.29 is 9.53 Å². The lowest BCUT2D eigenvalue weighted by Gasteiger charge is -2.13. The van der Waals surface area contributed by atoms with Crippen LogP contribution in [-0.4, -0.2) is 28.6 Å². The molecule has 3 aromatic rings. The molecule has 1 N–H and O–H groups in total. The van der Waals surface area contributed by atoms with Gasteiger partial charge in [0.05, 0.1) is 17.6 Å². The van der Waals surface area contributed by atoms with Gasteiger partial charge >= 0.3 is 0 Å². The van der Waals surface area contributed by atoms with Crippen LogP contribution in [-0.2, 0) is 17.8 Å². The summed E-state index contributed by atoms with van der Waals surface area (Å²) in [5.41, 5.74) is 3.41. The molecule has 0 spiro atoms. The number of aromatic nitrogens is 2. The predicted molar refractivity (Wildman–Crippen MR) is 122 cm³/mol. The highest BCUT2D eigenvalue weighted by atomic mass is 16.5. The Morgan fingerprint density at radius 2 is 1.83 bits per heavy atom. The van der Waals surface area contributed by atoms with Gasteiger partial charge < -0.3 is 14.6 Å². The van der Waals surface area contributed by atoms with Gasteiger partial charge in [-0.1, -0.05) is 52.0 Å². The van der Waals surface area contributed by atoms with Crippen molar-refractivity contribution in [3.63, 3.8) is 0 Å². The second-order valence-corrected chi connectivity index (χ2v) is 8.09. The minimum Gasteiger partial charge on any atom is -0.492 e. The number of para-hydroxylation sites is 2. The molecular weight excluding hydrogens is 374 g/mol. The maximum atomic E-state index is 11.8. The van der Waals surface area contributed by atoms with E-state index in [9.17, 15) is 4.79 Å². The topological polar surface area (TPSA) is 56.1 Å². The molecule has 0 aliphatic heterocycles. The number of hydrogen-bond donors (Lipinski definition) is 1. The van der Waals surface area contributed by atoms with Gasteiger partial charge in [0.2, 0.25) is 5.91 Å². The summed E-state index contributed by atoms with van der Waals surface area (Å²) < 4.78 is 8.21. The van der Waals surface area contributed by atoms with Crippen LogP contribution in [0.4, 0.5) is 0 Å². The summed E-state index contributed by atoms with van der Waals surface area (Å²) in [5, 5.41) is 2.98. The Bertz CT molecular complexity index is 960. The summed E-state index contributed by atoms with van der Waals surface area (Å²) in [6, 6.07) is 16.5. The van der Waals surface area contributed by atoms with Crippen LogP contribution < -0.4 is 10.1 Å². The van der Waals surface area contributed by atoms with Crippen molar-refractivity contribution in [1.29, 1.82) is 0 Å². The zero-order valence-corrected chi connectivity index (χ0v) is 18.5. The van der Waals surface area contributed by atoms with E-state index >= 15 is 0 Å². The van der Waals surface area contributed by atoms with Gasteiger partial charge in [0.1, 0.15) is 18.2 Å². The first-order valence-corrected chi connectivity index (χ1v) is 10.9. The third kappa shape index (κ3) is 5.41. The van der Waals surface area contributed by atoms with E-state index in [4.69, 9.17) is 9.72 Å². The first-order chi connectivity index (χ1) is 14.5. The van der Waals surface area contributed by atoms with Gasteiger partial charge in [-0.2, -0.15) is 0 Å². The predicted octanol–water partition coefficient (Wildman–Crippen LogP) is 4.94. The normalized spacial score (nSPS) is 12.3. The van der Waals surface area contributed by atoms with Crippen LogP contribution in [0.5, 0.6) is 5.75 Å². The molecule has 0 fully saturated rings. The molecule has 160 valence electrons. The smallest absolute Gasteiger partial charge is 0.222 e. The summed E-state index contributed by atoms with van der Waals surface area (Å²) in [6.07, 6.45) is 1.82. The minimum atomic E-state index is -0.0103. The van der Waals surface area contributed by atoms with Crippen molar-refractivity contribution in [3.8, 4) is 5.75 Å². The second kappa shape index (κ2) is 10.3. The van der Waals surface area contributed by atoms with Gasteiger partial charge in [0.15, 0.2) is 0 Å². The number of ether oxygens (including phenoxy) is 1. The molecular formula is C25H33N3O2. The second-order valence-electron chi connectivity index (χ2n) is 8.09. The molecule has 30 heavy (non-hydrogen) atoms.